The van der Waals surface area contributed by atoms with Crippen LogP contribution in [0.25, 0.3) is 0 Å². The van der Waals surface area contributed by atoms with Crippen LogP contribution in [0.15, 0.2) is 0 Å². The van der Waals surface area contributed by atoms with E-state index >= 15 is 0 Å². The number of ether oxygens (including phenoxy) is 1. The van der Waals surface area contributed by atoms with E-state index in [9.17, 15) is 0 Å². The fourth-order valence-electron chi connectivity index (χ4n) is 1.73. The number of nitrogens with zero attached hydrogens (tertiary/aromatic N) is 4. The average molecular weight is 289 g/mol. The molecule has 1 saturated heterocycles. The number of thioether (sulfide) groups is 1. The fraction of sp³-hybridized carbons (Fsp3) is 0.727. The first kappa shape index (κ1) is 13.7. The molecule has 1 aromatic heterocycles. The summed E-state index contributed by atoms with van der Waals surface area (Å²) in [6, 6.07) is 0.775. The molecule has 0 radical (unpaired) electrons. The van der Waals surface area contributed by atoms with Crippen molar-refractivity contribution in [1.29, 1.82) is 0 Å². The van der Waals surface area contributed by atoms with E-state index in [0.29, 0.717) is 24.6 Å². The van der Waals surface area contributed by atoms with Crippen molar-refractivity contribution in [3.05, 3.63) is 5.28 Å². The molecule has 2 heterocycles. The van der Waals surface area contributed by atoms with E-state index in [1.54, 1.807) is 0 Å². The lowest BCUT2D eigenvalue weighted by atomic mass is 10.2. The van der Waals surface area contributed by atoms with Gasteiger partial charge in [-0.2, -0.15) is 26.7 Å². The highest BCUT2D eigenvalue weighted by atomic mass is 35.5. The Bertz CT molecular complexity index is 401. The lowest BCUT2D eigenvalue weighted by Crippen LogP contribution is -2.33. The van der Waals surface area contributed by atoms with Crippen LogP contribution in [0.5, 0.6) is 6.01 Å². The molecule has 0 saturated carbocycles. The third kappa shape index (κ3) is 3.38. The SMILES string of the molecule is CCCOc1nc(Cl)nc(N(C)C2CCSC2)n1. The van der Waals surface area contributed by atoms with E-state index in [1.165, 1.54) is 5.75 Å². The Morgan fingerprint density at radius 3 is 2.94 bits per heavy atom. The molecule has 2 rings (SSSR count). The summed E-state index contributed by atoms with van der Waals surface area (Å²) in [5.41, 5.74) is 0. The molecule has 1 aromatic rings. The molecule has 100 valence electrons. The van der Waals surface area contributed by atoms with Crippen LogP contribution in [0, 0.1) is 0 Å². The van der Waals surface area contributed by atoms with E-state index in [4.69, 9.17) is 16.3 Å². The first-order chi connectivity index (χ1) is 8.70. The molecular weight excluding hydrogens is 272 g/mol. The second kappa shape index (κ2) is 6.43. The van der Waals surface area contributed by atoms with Crippen molar-refractivity contribution >= 4 is 29.3 Å². The number of aromatic nitrogens is 3. The topological polar surface area (TPSA) is 51.1 Å². The molecule has 0 bridgehead atoms. The van der Waals surface area contributed by atoms with Gasteiger partial charge >= 0.3 is 6.01 Å². The number of rotatable bonds is 5. The van der Waals surface area contributed by atoms with Gasteiger partial charge in [0, 0.05) is 18.8 Å². The van der Waals surface area contributed by atoms with Crippen LogP contribution in [0.1, 0.15) is 19.8 Å². The third-order valence-corrected chi connectivity index (χ3v) is 4.09. The normalized spacial score (nSPS) is 18.9. The molecule has 1 fully saturated rings. The van der Waals surface area contributed by atoms with Crippen LogP contribution in [0.4, 0.5) is 5.95 Å². The maximum atomic E-state index is 5.91. The Morgan fingerprint density at radius 2 is 2.28 bits per heavy atom. The monoisotopic (exact) mass is 288 g/mol. The standard InChI is InChI=1S/C11H17ClN4OS/c1-3-5-17-11-14-9(12)13-10(15-11)16(2)8-4-6-18-7-8/h8H,3-7H2,1-2H3. The zero-order chi connectivity index (χ0) is 13.0. The molecule has 0 N–H and O–H groups in total. The van der Waals surface area contributed by atoms with Crippen LogP contribution >= 0.6 is 23.4 Å². The Kier molecular flexibility index (Phi) is 4.88. The van der Waals surface area contributed by atoms with Gasteiger partial charge in [0.2, 0.25) is 11.2 Å². The summed E-state index contributed by atoms with van der Waals surface area (Å²) < 4.78 is 5.41. The molecule has 0 amide bonds. The van der Waals surface area contributed by atoms with Gasteiger partial charge in [-0.25, -0.2) is 0 Å². The molecule has 1 unspecified atom stereocenters. The van der Waals surface area contributed by atoms with Gasteiger partial charge in [0.1, 0.15) is 0 Å². The molecule has 0 aromatic carbocycles. The number of anilines is 1. The van der Waals surface area contributed by atoms with Crippen LogP contribution in [0.3, 0.4) is 0 Å². The van der Waals surface area contributed by atoms with Crippen molar-refractivity contribution in [2.24, 2.45) is 0 Å². The molecule has 0 aliphatic carbocycles. The van der Waals surface area contributed by atoms with Gasteiger partial charge in [-0.3, -0.25) is 0 Å². The van der Waals surface area contributed by atoms with Gasteiger partial charge in [0.25, 0.3) is 0 Å². The second-order valence-corrected chi connectivity index (χ2v) is 5.65. The van der Waals surface area contributed by atoms with Crippen LogP contribution in [0.2, 0.25) is 5.28 Å². The predicted molar refractivity (Wildman–Crippen MR) is 74.8 cm³/mol. The molecule has 7 heteroatoms. The molecule has 5 nitrogen and oxygen atoms in total. The highest BCUT2D eigenvalue weighted by Gasteiger charge is 2.23. The Hall–Kier alpha value is -0.750. The van der Waals surface area contributed by atoms with Gasteiger partial charge in [0.05, 0.1) is 6.61 Å². The van der Waals surface area contributed by atoms with Gasteiger partial charge < -0.3 is 9.64 Å². The van der Waals surface area contributed by atoms with Crippen molar-refractivity contribution < 1.29 is 4.74 Å². The smallest absolute Gasteiger partial charge is 0.322 e. The van der Waals surface area contributed by atoms with Crippen LogP contribution < -0.4 is 9.64 Å². The summed E-state index contributed by atoms with van der Waals surface area (Å²) in [5.74, 6) is 2.88. The predicted octanol–water partition coefficient (Wildman–Crippen LogP) is 2.26. The quantitative estimate of drug-likeness (QED) is 0.828. The highest BCUT2D eigenvalue weighted by Crippen LogP contribution is 2.25. The summed E-state index contributed by atoms with van der Waals surface area (Å²) in [6.45, 7) is 2.62. The minimum absolute atomic E-state index is 0.184. The zero-order valence-electron chi connectivity index (χ0n) is 10.6. The molecule has 1 aliphatic rings. The molecule has 18 heavy (non-hydrogen) atoms. The minimum atomic E-state index is 0.184. The number of hydrogen-bond donors (Lipinski definition) is 0. The zero-order valence-corrected chi connectivity index (χ0v) is 12.2. The molecule has 1 atom stereocenters. The van der Waals surface area contributed by atoms with Gasteiger partial charge in [0.15, 0.2) is 0 Å². The van der Waals surface area contributed by atoms with Crippen molar-refractivity contribution in [3.8, 4) is 6.01 Å². The first-order valence-electron chi connectivity index (χ1n) is 6.05. The Morgan fingerprint density at radius 1 is 1.44 bits per heavy atom. The van der Waals surface area contributed by atoms with Crippen molar-refractivity contribution in [2.75, 3.05) is 30.1 Å². The fourth-order valence-corrected chi connectivity index (χ4v) is 3.14. The van der Waals surface area contributed by atoms with Crippen molar-refractivity contribution in [2.45, 2.75) is 25.8 Å². The van der Waals surface area contributed by atoms with Gasteiger partial charge in [-0.15, -0.1) is 0 Å². The number of halogens is 1. The Balaban J connectivity index is 2.13. The van der Waals surface area contributed by atoms with E-state index in [-0.39, 0.29) is 5.28 Å². The molecular formula is C11H17ClN4OS. The largest absolute Gasteiger partial charge is 0.463 e. The van der Waals surface area contributed by atoms with Crippen LogP contribution in [-0.2, 0) is 0 Å². The van der Waals surface area contributed by atoms with Gasteiger partial charge in [-0.05, 0) is 30.2 Å². The van der Waals surface area contributed by atoms with E-state index in [2.05, 4.69) is 19.9 Å². The first-order valence-corrected chi connectivity index (χ1v) is 7.59. The van der Waals surface area contributed by atoms with E-state index in [0.717, 1.165) is 18.6 Å². The maximum absolute atomic E-state index is 5.91. The molecule has 0 spiro atoms. The van der Waals surface area contributed by atoms with Crippen LogP contribution in [-0.4, -0.2) is 46.2 Å². The Labute approximate surface area is 116 Å². The summed E-state index contributed by atoms with van der Waals surface area (Å²) in [4.78, 5) is 14.5. The van der Waals surface area contributed by atoms with Crippen molar-refractivity contribution in [1.82, 2.24) is 15.0 Å². The third-order valence-electron chi connectivity index (χ3n) is 2.78. The maximum Gasteiger partial charge on any atom is 0.322 e. The second-order valence-electron chi connectivity index (χ2n) is 4.16. The van der Waals surface area contributed by atoms with E-state index in [1.807, 2.05) is 25.7 Å². The lowest BCUT2D eigenvalue weighted by molar-refractivity contribution is 0.291. The lowest BCUT2D eigenvalue weighted by Gasteiger charge is -2.23. The average Bonchev–Trinajstić information content (AvgIpc) is 2.88. The minimum Gasteiger partial charge on any atom is -0.463 e. The summed E-state index contributed by atoms with van der Waals surface area (Å²) in [5, 5.41) is 0.184. The summed E-state index contributed by atoms with van der Waals surface area (Å²) in [7, 11) is 1.99. The summed E-state index contributed by atoms with van der Waals surface area (Å²) >= 11 is 7.86. The van der Waals surface area contributed by atoms with E-state index < -0.39 is 0 Å². The van der Waals surface area contributed by atoms with Gasteiger partial charge in [-0.1, -0.05) is 6.92 Å². The highest BCUT2D eigenvalue weighted by molar-refractivity contribution is 7.99. The van der Waals surface area contributed by atoms with Crippen molar-refractivity contribution in [3.63, 3.8) is 0 Å². The molecule has 1 aliphatic heterocycles. The summed E-state index contributed by atoms with van der Waals surface area (Å²) in [6.07, 6.45) is 2.06. The number of hydrogen-bond acceptors (Lipinski definition) is 6.